The second-order valence-electron chi connectivity index (χ2n) is 7.07. The molecule has 1 rings (SSSR count). The van der Waals surface area contributed by atoms with Crippen LogP contribution in [0.1, 0.15) is 60.3 Å². The maximum absolute atomic E-state index is 11.8. The summed E-state index contributed by atoms with van der Waals surface area (Å²) in [6.07, 6.45) is 6.16. The van der Waals surface area contributed by atoms with Gasteiger partial charge in [-0.1, -0.05) is 25.5 Å². The molecule has 0 bridgehead atoms. The smallest absolute Gasteiger partial charge is 0.323 e. The highest BCUT2D eigenvalue weighted by molar-refractivity contribution is 5.76. The number of allylic oxidation sites excluding steroid dienone is 1. The summed E-state index contributed by atoms with van der Waals surface area (Å²) in [5, 5.41) is 0. The van der Waals surface area contributed by atoms with Crippen molar-refractivity contribution < 1.29 is 9.53 Å². The lowest BCUT2D eigenvalue weighted by Gasteiger charge is -2.29. The van der Waals surface area contributed by atoms with Crippen LogP contribution in [0.3, 0.4) is 0 Å². The first-order chi connectivity index (χ1) is 8.09. The zero-order valence-electron chi connectivity index (χ0n) is 12.4. The third-order valence-corrected chi connectivity index (χ3v) is 3.26. The van der Waals surface area contributed by atoms with Crippen LogP contribution in [-0.4, -0.2) is 17.6 Å². The van der Waals surface area contributed by atoms with E-state index in [9.17, 15) is 4.79 Å². The molecule has 0 aromatic rings. The van der Waals surface area contributed by atoms with Gasteiger partial charge in [0.05, 0.1) is 0 Å². The Labute approximate surface area is 111 Å². The van der Waals surface area contributed by atoms with Crippen molar-refractivity contribution in [2.75, 3.05) is 0 Å². The highest BCUT2D eigenvalue weighted by atomic mass is 16.6. The van der Waals surface area contributed by atoms with Gasteiger partial charge in [0, 0.05) is 0 Å². The van der Waals surface area contributed by atoms with Gasteiger partial charge in [-0.05, 0) is 51.9 Å². The molecule has 0 heterocycles. The molecule has 1 aliphatic rings. The maximum Gasteiger partial charge on any atom is 0.323 e. The molecule has 1 atom stereocenters. The van der Waals surface area contributed by atoms with Crippen molar-refractivity contribution in [3.8, 4) is 0 Å². The van der Waals surface area contributed by atoms with Crippen molar-refractivity contribution in [2.45, 2.75) is 71.9 Å². The molecule has 3 nitrogen and oxygen atoms in total. The van der Waals surface area contributed by atoms with Gasteiger partial charge in [-0.3, -0.25) is 4.79 Å². The number of hydrogen-bond acceptors (Lipinski definition) is 3. The molecule has 0 unspecified atom stereocenters. The number of rotatable bonds is 3. The lowest BCUT2D eigenvalue weighted by atomic mass is 9.77. The molecule has 0 saturated heterocycles. The monoisotopic (exact) mass is 253 g/mol. The number of esters is 1. The molecule has 104 valence electrons. The Balaban J connectivity index is 2.48. The molecule has 0 spiro atoms. The summed E-state index contributed by atoms with van der Waals surface area (Å²) in [7, 11) is 0. The van der Waals surface area contributed by atoms with Crippen molar-refractivity contribution in [2.24, 2.45) is 11.1 Å². The number of hydrogen-bond donors (Lipinski definition) is 1. The van der Waals surface area contributed by atoms with E-state index in [1.165, 1.54) is 12.0 Å². The summed E-state index contributed by atoms with van der Waals surface area (Å²) < 4.78 is 5.29. The Morgan fingerprint density at radius 3 is 2.56 bits per heavy atom. The van der Waals surface area contributed by atoms with Crippen LogP contribution < -0.4 is 5.73 Å². The molecule has 18 heavy (non-hydrogen) atoms. The molecule has 1 aliphatic carbocycles. The van der Waals surface area contributed by atoms with Crippen molar-refractivity contribution >= 4 is 5.97 Å². The molecule has 0 aliphatic heterocycles. The predicted molar refractivity (Wildman–Crippen MR) is 74.2 cm³/mol. The predicted octanol–water partition coefficient (Wildman–Crippen LogP) is 3.18. The van der Waals surface area contributed by atoms with E-state index in [0.29, 0.717) is 11.8 Å². The first kappa shape index (κ1) is 15.2. The maximum atomic E-state index is 11.8. The van der Waals surface area contributed by atoms with Crippen LogP contribution in [0, 0.1) is 5.41 Å². The number of carbonyl (C=O) groups excluding carboxylic acids is 1. The minimum atomic E-state index is -0.531. The Bertz CT molecular complexity index is 337. The first-order valence-corrected chi connectivity index (χ1v) is 6.75. The molecule has 0 fully saturated rings. The molecule has 0 amide bonds. The van der Waals surface area contributed by atoms with Gasteiger partial charge in [0.2, 0.25) is 0 Å². The zero-order valence-corrected chi connectivity index (χ0v) is 12.4. The van der Waals surface area contributed by atoms with Crippen LogP contribution in [0.4, 0.5) is 0 Å². The van der Waals surface area contributed by atoms with Gasteiger partial charge in [-0.15, -0.1) is 0 Å². The fourth-order valence-electron chi connectivity index (χ4n) is 2.05. The molecule has 3 heteroatoms. The molecular weight excluding hydrogens is 226 g/mol. The minimum Gasteiger partial charge on any atom is -0.459 e. The first-order valence-electron chi connectivity index (χ1n) is 6.75. The lowest BCUT2D eigenvalue weighted by Crippen LogP contribution is -2.37. The van der Waals surface area contributed by atoms with Crippen molar-refractivity contribution in [1.29, 1.82) is 0 Å². The van der Waals surface area contributed by atoms with E-state index in [4.69, 9.17) is 10.5 Å². The third kappa shape index (κ3) is 5.21. The van der Waals surface area contributed by atoms with E-state index < -0.39 is 11.6 Å². The van der Waals surface area contributed by atoms with Crippen LogP contribution >= 0.6 is 0 Å². The van der Waals surface area contributed by atoms with E-state index in [1.807, 2.05) is 20.8 Å². The van der Waals surface area contributed by atoms with Crippen LogP contribution in [0.5, 0.6) is 0 Å². The van der Waals surface area contributed by atoms with Crippen LogP contribution in [0.2, 0.25) is 0 Å². The summed E-state index contributed by atoms with van der Waals surface area (Å²) in [5.41, 5.74) is 7.13. The normalized spacial score (nSPS) is 21.1. The number of nitrogens with two attached hydrogens (primary N) is 1. The zero-order chi connectivity index (χ0) is 14.0. The Morgan fingerprint density at radius 1 is 1.50 bits per heavy atom. The van der Waals surface area contributed by atoms with Gasteiger partial charge in [0.1, 0.15) is 11.6 Å². The second kappa shape index (κ2) is 5.43. The average Bonchev–Trinajstić information content (AvgIpc) is 2.18. The van der Waals surface area contributed by atoms with E-state index in [-0.39, 0.29) is 5.97 Å². The van der Waals surface area contributed by atoms with Gasteiger partial charge < -0.3 is 10.5 Å². The molecule has 0 aromatic heterocycles. The van der Waals surface area contributed by atoms with E-state index in [2.05, 4.69) is 19.9 Å². The standard InChI is InChI=1S/C15H27NO2/c1-14(2,3)18-13(17)12(16)10-11-6-8-15(4,5)9-7-11/h6,12H,7-10,16H2,1-5H3/t12-/m0/s1. The average molecular weight is 253 g/mol. The molecule has 0 radical (unpaired) electrons. The summed E-state index contributed by atoms with van der Waals surface area (Å²) in [4.78, 5) is 11.8. The van der Waals surface area contributed by atoms with Gasteiger partial charge >= 0.3 is 5.97 Å². The largest absolute Gasteiger partial charge is 0.459 e. The SMILES string of the molecule is CC1(C)CC=C(C[C@H](N)C(=O)OC(C)(C)C)CC1. The minimum absolute atomic E-state index is 0.298. The van der Waals surface area contributed by atoms with Crippen molar-refractivity contribution in [3.63, 3.8) is 0 Å². The fourth-order valence-corrected chi connectivity index (χ4v) is 2.05. The van der Waals surface area contributed by atoms with E-state index in [1.54, 1.807) is 0 Å². The van der Waals surface area contributed by atoms with E-state index in [0.717, 1.165) is 12.8 Å². The Hall–Kier alpha value is -0.830. The quantitative estimate of drug-likeness (QED) is 0.621. The summed E-state index contributed by atoms with van der Waals surface area (Å²) in [6, 6.07) is -0.531. The highest BCUT2D eigenvalue weighted by Crippen LogP contribution is 2.35. The highest BCUT2D eigenvalue weighted by Gasteiger charge is 2.26. The molecular formula is C15H27NO2. The second-order valence-corrected chi connectivity index (χ2v) is 7.07. The topological polar surface area (TPSA) is 52.3 Å². The van der Waals surface area contributed by atoms with Crippen LogP contribution in [0.15, 0.2) is 11.6 Å². The van der Waals surface area contributed by atoms with Gasteiger partial charge in [0.15, 0.2) is 0 Å². The van der Waals surface area contributed by atoms with Gasteiger partial charge in [-0.2, -0.15) is 0 Å². The van der Waals surface area contributed by atoms with Crippen molar-refractivity contribution in [1.82, 2.24) is 0 Å². The van der Waals surface area contributed by atoms with Crippen LogP contribution in [-0.2, 0) is 9.53 Å². The van der Waals surface area contributed by atoms with Gasteiger partial charge in [-0.25, -0.2) is 0 Å². The third-order valence-electron chi connectivity index (χ3n) is 3.26. The Morgan fingerprint density at radius 2 is 2.11 bits per heavy atom. The van der Waals surface area contributed by atoms with Gasteiger partial charge in [0.25, 0.3) is 0 Å². The molecule has 0 saturated carbocycles. The lowest BCUT2D eigenvalue weighted by molar-refractivity contribution is -0.156. The van der Waals surface area contributed by atoms with Crippen LogP contribution in [0.25, 0.3) is 0 Å². The number of ether oxygens (including phenoxy) is 1. The molecule has 2 N–H and O–H groups in total. The van der Waals surface area contributed by atoms with E-state index >= 15 is 0 Å². The van der Waals surface area contributed by atoms with Crippen molar-refractivity contribution in [3.05, 3.63) is 11.6 Å². The summed E-state index contributed by atoms with van der Waals surface area (Å²) in [5.74, 6) is -0.298. The fraction of sp³-hybridized carbons (Fsp3) is 0.800. The summed E-state index contributed by atoms with van der Waals surface area (Å²) >= 11 is 0. The molecule has 0 aromatic carbocycles. The summed E-state index contributed by atoms with van der Waals surface area (Å²) in [6.45, 7) is 10.1. The Kier molecular flexibility index (Phi) is 4.60. The number of carbonyl (C=O) groups is 1.